The molecule has 2 heterocycles. The summed E-state index contributed by atoms with van der Waals surface area (Å²) in [6, 6.07) is 8.01. The third kappa shape index (κ3) is 3.93. The maximum atomic E-state index is 10.8. The highest BCUT2D eigenvalue weighted by molar-refractivity contribution is 7.21. The Balaban J connectivity index is 2.10. The monoisotopic (exact) mass is 292 g/mol. The van der Waals surface area contributed by atoms with Crippen LogP contribution in [0.15, 0.2) is 29.6 Å². The van der Waals surface area contributed by atoms with Gasteiger partial charge < -0.3 is 9.84 Å². The second-order valence-corrected chi connectivity index (χ2v) is 5.72. The van der Waals surface area contributed by atoms with Crippen LogP contribution in [0.3, 0.4) is 0 Å². The summed E-state index contributed by atoms with van der Waals surface area (Å²) in [5, 5.41) is 11.1. The molecule has 19 heavy (non-hydrogen) atoms. The number of carbonyl (C=O) groups is 1. The van der Waals surface area contributed by atoms with Gasteiger partial charge in [0.1, 0.15) is 0 Å². The molecule has 1 N–H and O–H groups in total. The number of thiophene rings is 2. The Morgan fingerprint density at radius 3 is 2.89 bits per heavy atom. The van der Waals surface area contributed by atoms with Gasteiger partial charge in [0.15, 0.2) is 6.10 Å². The number of carbonyl (C=O) groups excluding carboxylic acids is 1. The number of rotatable bonds is 3. The zero-order valence-electron chi connectivity index (χ0n) is 10.3. The predicted molar refractivity (Wildman–Crippen MR) is 77.1 cm³/mol. The quantitative estimate of drug-likeness (QED) is 0.699. The first kappa shape index (κ1) is 13.8. The Kier molecular flexibility index (Phi) is 4.74. The number of ether oxygens (including phenoxy) is 1. The molecular formula is C14H12O3S2. The highest BCUT2D eigenvalue weighted by Crippen LogP contribution is 2.30. The highest BCUT2D eigenvalue weighted by atomic mass is 32.1. The van der Waals surface area contributed by atoms with E-state index in [0.717, 1.165) is 9.75 Å². The molecule has 0 aliphatic carbocycles. The number of aliphatic hydroxyl groups excluding tert-OH is 1. The van der Waals surface area contributed by atoms with Crippen LogP contribution in [0.1, 0.15) is 11.8 Å². The summed E-state index contributed by atoms with van der Waals surface area (Å²) in [6.45, 7) is 1.00. The molecule has 0 aliphatic heterocycles. The number of hydrogen-bond donors (Lipinski definition) is 1. The van der Waals surface area contributed by atoms with Gasteiger partial charge in [0.2, 0.25) is 0 Å². The average molecular weight is 292 g/mol. The van der Waals surface area contributed by atoms with Crippen LogP contribution < -0.4 is 0 Å². The van der Waals surface area contributed by atoms with Gasteiger partial charge in [-0.1, -0.05) is 12.0 Å². The lowest BCUT2D eigenvalue weighted by molar-refractivity contribution is -0.145. The van der Waals surface area contributed by atoms with Crippen molar-refractivity contribution in [2.24, 2.45) is 0 Å². The van der Waals surface area contributed by atoms with Gasteiger partial charge in [-0.3, -0.25) is 4.79 Å². The molecule has 0 saturated heterocycles. The maximum Gasteiger partial charge on any atom is 0.303 e. The topological polar surface area (TPSA) is 46.5 Å². The van der Waals surface area contributed by atoms with E-state index in [1.54, 1.807) is 22.7 Å². The lowest BCUT2D eigenvalue weighted by Crippen LogP contribution is -2.18. The Bertz CT molecular complexity index is 602. The first-order chi connectivity index (χ1) is 9.19. The molecular weight excluding hydrogens is 280 g/mol. The van der Waals surface area contributed by atoms with Gasteiger partial charge in [0.25, 0.3) is 0 Å². The minimum Gasteiger partial charge on any atom is -0.447 e. The Labute approximate surface area is 119 Å². The molecule has 0 spiro atoms. The average Bonchev–Trinajstić information content (AvgIpc) is 3.03. The van der Waals surface area contributed by atoms with Gasteiger partial charge in [-0.25, -0.2) is 0 Å². The SMILES string of the molecule is CC(=O)OC(C#Cc1ccc(-c2cccs2)s1)CO. The molecule has 5 heteroatoms. The first-order valence-corrected chi connectivity index (χ1v) is 7.32. The van der Waals surface area contributed by atoms with E-state index in [0.29, 0.717) is 0 Å². The van der Waals surface area contributed by atoms with E-state index in [1.165, 1.54) is 11.8 Å². The van der Waals surface area contributed by atoms with Crippen LogP contribution >= 0.6 is 22.7 Å². The molecule has 0 aliphatic rings. The van der Waals surface area contributed by atoms with Crippen molar-refractivity contribution in [2.75, 3.05) is 6.61 Å². The Hall–Kier alpha value is -1.61. The van der Waals surface area contributed by atoms with E-state index >= 15 is 0 Å². The predicted octanol–water partition coefficient (Wildman–Crippen LogP) is 2.75. The summed E-state index contributed by atoms with van der Waals surface area (Å²) in [5.41, 5.74) is 0. The molecule has 2 rings (SSSR count). The van der Waals surface area contributed by atoms with E-state index in [2.05, 4.69) is 17.9 Å². The molecule has 0 fully saturated rings. The van der Waals surface area contributed by atoms with Crippen molar-refractivity contribution >= 4 is 28.6 Å². The second kappa shape index (κ2) is 6.53. The van der Waals surface area contributed by atoms with Crippen LogP contribution in [0, 0.1) is 11.8 Å². The smallest absolute Gasteiger partial charge is 0.303 e. The zero-order chi connectivity index (χ0) is 13.7. The fraction of sp³-hybridized carbons (Fsp3) is 0.214. The fourth-order valence-electron chi connectivity index (χ4n) is 1.42. The van der Waals surface area contributed by atoms with Crippen molar-refractivity contribution in [3.63, 3.8) is 0 Å². The van der Waals surface area contributed by atoms with Gasteiger partial charge in [-0.2, -0.15) is 0 Å². The number of esters is 1. The van der Waals surface area contributed by atoms with E-state index in [1.807, 2.05) is 23.6 Å². The summed E-state index contributed by atoms with van der Waals surface area (Å²) in [6.07, 6.45) is -0.759. The van der Waals surface area contributed by atoms with E-state index in [-0.39, 0.29) is 6.61 Å². The largest absolute Gasteiger partial charge is 0.447 e. The molecule has 1 atom stereocenters. The number of aliphatic hydroxyl groups is 1. The van der Waals surface area contributed by atoms with Crippen molar-refractivity contribution in [2.45, 2.75) is 13.0 Å². The normalized spacial score (nSPS) is 11.5. The Morgan fingerprint density at radius 1 is 1.42 bits per heavy atom. The van der Waals surface area contributed by atoms with E-state index < -0.39 is 12.1 Å². The molecule has 1 unspecified atom stereocenters. The van der Waals surface area contributed by atoms with Crippen LogP contribution in [0.4, 0.5) is 0 Å². The zero-order valence-corrected chi connectivity index (χ0v) is 11.9. The van der Waals surface area contributed by atoms with E-state index in [9.17, 15) is 4.79 Å². The van der Waals surface area contributed by atoms with Crippen LogP contribution in [0.25, 0.3) is 9.75 Å². The highest BCUT2D eigenvalue weighted by Gasteiger charge is 2.06. The standard InChI is InChI=1S/C14H12O3S2/c1-10(16)17-11(9-15)4-5-12-6-7-14(19-12)13-3-2-8-18-13/h2-3,6-8,11,15H,9H2,1H3. The van der Waals surface area contributed by atoms with Gasteiger partial charge in [-0.05, 0) is 29.5 Å². The summed E-state index contributed by atoms with van der Waals surface area (Å²) in [7, 11) is 0. The Morgan fingerprint density at radius 2 is 2.26 bits per heavy atom. The molecule has 0 aromatic carbocycles. The van der Waals surface area contributed by atoms with Crippen molar-refractivity contribution in [3.05, 3.63) is 34.5 Å². The molecule has 2 aromatic heterocycles. The number of hydrogen-bond acceptors (Lipinski definition) is 5. The van der Waals surface area contributed by atoms with Crippen molar-refractivity contribution in [1.82, 2.24) is 0 Å². The molecule has 0 radical (unpaired) electrons. The van der Waals surface area contributed by atoms with Crippen molar-refractivity contribution in [3.8, 4) is 21.6 Å². The van der Waals surface area contributed by atoms with Gasteiger partial charge in [-0.15, -0.1) is 22.7 Å². The summed E-state index contributed by atoms with van der Waals surface area (Å²) < 4.78 is 4.84. The maximum absolute atomic E-state index is 10.8. The van der Waals surface area contributed by atoms with Gasteiger partial charge >= 0.3 is 5.97 Å². The summed E-state index contributed by atoms with van der Waals surface area (Å²) in [4.78, 5) is 14.0. The second-order valence-electron chi connectivity index (χ2n) is 3.69. The minimum absolute atomic E-state index is 0.296. The molecule has 0 bridgehead atoms. The van der Waals surface area contributed by atoms with Crippen LogP contribution in [-0.4, -0.2) is 23.8 Å². The lowest BCUT2D eigenvalue weighted by Gasteiger charge is -2.05. The summed E-state index contributed by atoms with van der Waals surface area (Å²) in [5.74, 6) is 5.22. The van der Waals surface area contributed by atoms with Crippen LogP contribution in [-0.2, 0) is 9.53 Å². The third-order valence-corrected chi connectivity index (χ3v) is 4.27. The van der Waals surface area contributed by atoms with Crippen molar-refractivity contribution in [1.29, 1.82) is 0 Å². The van der Waals surface area contributed by atoms with Gasteiger partial charge in [0, 0.05) is 16.7 Å². The molecule has 98 valence electrons. The van der Waals surface area contributed by atoms with Crippen LogP contribution in [0.2, 0.25) is 0 Å². The first-order valence-electron chi connectivity index (χ1n) is 5.62. The minimum atomic E-state index is -0.759. The molecule has 3 nitrogen and oxygen atoms in total. The lowest BCUT2D eigenvalue weighted by atomic mass is 10.3. The summed E-state index contributed by atoms with van der Waals surface area (Å²) >= 11 is 3.26. The molecule has 2 aromatic rings. The fourth-order valence-corrected chi connectivity index (χ4v) is 3.12. The van der Waals surface area contributed by atoms with Gasteiger partial charge in [0.05, 0.1) is 11.5 Å². The van der Waals surface area contributed by atoms with Crippen LogP contribution in [0.5, 0.6) is 0 Å². The molecule has 0 amide bonds. The van der Waals surface area contributed by atoms with Crippen molar-refractivity contribution < 1.29 is 14.6 Å². The van der Waals surface area contributed by atoms with E-state index in [4.69, 9.17) is 9.84 Å². The molecule has 0 saturated carbocycles. The third-order valence-electron chi connectivity index (χ3n) is 2.20.